The van der Waals surface area contributed by atoms with E-state index >= 15 is 0 Å². The zero-order valence-corrected chi connectivity index (χ0v) is 11.6. The van der Waals surface area contributed by atoms with E-state index in [4.69, 9.17) is 18.0 Å². The van der Waals surface area contributed by atoms with Gasteiger partial charge >= 0.3 is 0 Å². The van der Waals surface area contributed by atoms with Gasteiger partial charge in [0.05, 0.1) is 4.99 Å². The van der Waals surface area contributed by atoms with Crippen molar-refractivity contribution in [2.75, 3.05) is 11.4 Å². The van der Waals surface area contributed by atoms with E-state index in [-0.39, 0.29) is 0 Å². The molecule has 1 aromatic carbocycles. The van der Waals surface area contributed by atoms with Gasteiger partial charge in [-0.05, 0) is 24.6 Å². The average Bonchev–Trinajstić information content (AvgIpc) is 2.42. The Morgan fingerprint density at radius 2 is 1.84 bits per heavy atom. The highest BCUT2D eigenvalue weighted by Crippen LogP contribution is 2.21. The van der Waals surface area contributed by atoms with Crippen LogP contribution in [-0.2, 0) is 0 Å². The van der Waals surface area contributed by atoms with Crippen LogP contribution in [0, 0.1) is 6.92 Å². The van der Waals surface area contributed by atoms with Gasteiger partial charge < -0.3 is 10.6 Å². The van der Waals surface area contributed by atoms with Crippen LogP contribution in [0.1, 0.15) is 12.0 Å². The van der Waals surface area contributed by atoms with Crippen molar-refractivity contribution >= 4 is 28.8 Å². The fourth-order valence-electron chi connectivity index (χ4n) is 1.70. The zero-order chi connectivity index (χ0) is 13.7. The molecule has 0 atom stereocenters. The Balaban J connectivity index is 2.28. The Hall–Kier alpha value is -2.01. The van der Waals surface area contributed by atoms with Crippen LogP contribution >= 0.6 is 12.2 Å². The smallest absolute Gasteiger partial charge is 0.229 e. The molecule has 0 spiro atoms. The Bertz CT molecular complexity index is 539. The number of thiocarbonyl (C=S) groups is 1. The van der Waals surface area contributed by atoms with Crippen molar-refractivity contribution in [3.05, 3.63) is 48.3 Å². The van der Waals surface area contributed by atoms with Crippen LogP contribution in [0.25, 0.3) is 0 Å². The standard InChI is InChI=1S/C14H16N4S/c1-11-9-16-14(17-10-11)18(8-7-13(15)19)12-5-3-2-4-6-12/h2-6,9-10H,7-8H2,1H3,(H2,15,19). The molecule has 0 amide bonds. The van der Waals surface area contributed by atoms with E-state index in [0.717, 1.165) is 11.3 Å². The molecule has 0 saturated heterocycles. The van der Waals surface area contributed by atoms with E-state index in [1.807, 2.05) is 42.2 Å². The van der Waals surface area contributed by atoms with Gasteiger partial charge in [0.2, 0.25) is 5.95 Å². The molecule has 1 heterocycles. The number of rotatable bonds is 5. The molecule has 5 heteroatoms. The molecule has 1 aromatic heterocycles. The summed E-state index contributed by atoms with van der Waals surface area (Å²) in [5, 5.41) is 0. The maximum absolute atomic E-state index is 5.58. The van der Waals surface area contributed by atoms with Gasteiger partial charge in [-0.1, -0.05) is 30.4 Å². The number of aromatic nitrogens is 2. The minimum absolute atomic E-state index is 0.494. The third kappa shape index (κ3) is 3.72. The predicted molar refractivity (Wildman–Crippen MR) is 81.6 cm³/mol. The van der Waals surface area contributed by atoms with E-state index in [2.05, 4.69) is 9.97 Å². The minimum Gasteiger partial charge on any atom is -0.393 e. The molecule has 0 bridgehead atoms. The van der Waals surface area contributed by atoms with Crippen LogP contribution in [-0.4, -0.2) is 21.5 Å². The quantitative estimate of drug-likeness (QED) is 0.848. The van der Waals surface area contributed by atoms with Gasteiger partial charge in [-0.15, -0.1) is 0 Å². The Labute approximate surface area is 118 Å². The van der Waals surface area contributed by atoms with Crippen molar-refractivity contribution in [2.24, 2.45) is 5.73 Å². The summed E-state index contributed by atoms with van der Waals surface area (Å²) >= 11 is 4.94. The third-order valence-corrected chi connectivity index (χ3v) is 2.86. The van der Waals surface area contributed by atoms with Crippen LogP contribution in [0.4, 0.5) is 11.6 Å². The number of nitrogens with zero attached hydrogens (tertiary/aromatic N) is 3. The summed E-state index contributed by atoms with van der Waals surface area (Å²) in [4.78, 5) is 11.2. The molecule has 4 nitrogen and oxygen atoms in total. The summed E-state index contributed by atoms with van der Waals surface area (Å²) < 4.78 is 0. The first-order valence-corrected chi connectivity index (χ1v) is 6.47. The zero-order valence-electron chi connectivity index (χ0n) is 10.8. The van der Waals surface area contributed by atoms with Gasteiger partial charge in [0.1, 0.15) is 0 Å². The molecular weight excluding hydrogens is 256 g/mol. The van der Waals surface area contributed by atoms with Gasteiger partial charge in [-0.2, -0.15) is 0 Å². The SMILES string of the molecule is Cc1cnc(N(CCC(N)=S)c2ccccc2)nc1. The second-order valence-corrected chi connectivity index (χ2v) is 4.79. The monoisotopic (exact) mass is 272 g/mol. The maximum atomic E-state index is 5.58. The molecule has 2 N–H and O–H groups in total. The second-order valence-electron chi connectivity index (χ2n) is 4.26. The first-order valence-electron chi connectivity index (χ1n) is 6.06. The third-order valence-electron chi connectivity index (χ3n) is 2.66. The largest absolute Gasteiger partial charge is 0.393 e. The summed E-state index contributed by atoms with van der Waals surface area (Å²) in [5.74, 6) is 0.660. The van der Waals surface area contributed by atoms with Gasteiger partial charge in [0.15, 0.2) is 0 Å². The highest BCUT2D eigenvalue weighted by Gasteiger charge is 2.11. The van der Waals surface area contributed by atoms with Crippen molar-refractivity contribution in [2.45, 2.75) is 13.3 Å². The van der Waals surface area contributed by atoms with Crippen molar-refractivity contribution in [1.29, 1.82) is 0 Å². The van der Waals surface area contributed by atoms with E-state index in [9.17, 15) is 0 Å². The Morgan fingerprint density at radius 1 is 1.21 bits per heavy atom. The Morgan fingerprint density at radius 3 is 2.42 bits per heavy atom. The number of anilines is 2. The summed E-state index contributed by atoms with van der Waals surface area (Å²) in [7, 11) is 0. The molecule has 98 valence electrons. The van der Waals surface area contributed by atoms with Gasteiger partial charge in [-0.3, -0.25) is 0 Å². The molecule has 0 aliphatic heterocycles. The molecule has 0 radical (unpaired) electrons. The molecule has 19 heavy (non-hydrogen) atoms. The van der Waals surface area contributed by atoms with Crippen LogP contribution in [0.3, 0.4) is 0 Å². The maximum Gasteiger partial charge on any atom is 0.229 e. The van der Waals surface area contributed by atoms with Crippen molar-refractivity contribution in [3.8, 4) is 0 Å². The summed E-state index contributed by atoms with van der Waals surface area (Å²) in [6, 6.07) is 9.98. The minimum atomic E-state index is 0.494. The van der Waals surface area contributed by atoms with Crippen LogP contribution in [0.15, 0.2) is 42.7 Å². The number of benzene rings is 1. The van der Waals surface area contributed by atoms with E-state index in [1.54, 1.807) is 12.4 Å². The summed E-state index contributed by atoms with van der Waals surface area (Å²) in [5.41, 5.74) is 7.65. The number of hydrogen-bond acceptors (Lipinski definition) is 4. The number of aryl methyl sites for hydroxylation is 1. The van der Waals surface area contributed by atoms with Crippen molar-refractivity contribution in [1.82, 2.24) is 9.97 Å². The predicted octanol–water partition coefficient (Wildman–Crippen LogP) is 2.60. The van der Waals surface area contributed by atoms with Gasteiger partial charge in [0, 0.05) is 31.0 Å². The normalized spacial score (nSPS) is 10.2. The fraction of sp³-hybridized carbons (Fsp3) is 0.214. The van der Waals surface area contributed by atoms with Crippen molar-refractivity contribution in [3.63, 3.8) is 0 Å². The lowest BCUT2D eigenvalue weighted by atomic mass is 10.2. The first kappa shape index (κ1) is 13.4. The second kappa shape index (κ2) is 6.24. The lowest BCUT2D eigenvalue weighted by Gasteiger charge is -2.22. The lowest BCUT2D eigenvalue weighted by molar-refractivity contribution is 0.907. The number of nitrogens with two attached hydrogens (primary N) is 1. The van der Waals surface area contributed by atoms with E-state index < -0.39 is 0 Å². The van der Waals surface area contributed by atoms with Crippen LogP contribution < -0.4 is 10.6 Å². The van der Waals surface area contributed by atoms with Crippen molar-refractivity contribution < 1.29 is 0 Å². The van der Waals surface area contributed by atoms with Gasteiger partial charge in [0.25, 0.3) is 0 Å². The molecule has 2 rings (SSSR count). The molecule has 0 aliphatic rings. The first-order chi connectivity index (χ1) is 9.16. The molecule has 0 fully saturated rings. The average molecular weight is 272 g/mol. The molecule has 0 aliphatic carbocycles. The summed E-state index contributed by atoms with van der Waals surface area (Å²) in [6.45, 7) is 2.63. The lowest BCUT2D eigenvalue weighted by Crippen LogP contribution is -2.24. The molecule has 2 aromatic rings. The molecule has 0 saturated carbocycles. The molecule has 0 unspecified atom stereocenters. The highest BCUT2D eigenvalue weighted by molar-refractivity contribution is 7.80. The molecular formula is C14H16N4S. The van der Waals surface area contributed by atoms with E-state index in [0.29, 0.717) is 23.9 Å². The fourth-order valence-corrected chi connectivity index (χ4v) is 1.79. The van der Waals surface area contributed by atoms with E-state index in [1.165, 1.54) is 0 Å². The summed E-state index contributed by atoms with van der Waals surface area (Å²) in [6.07, 6.45) is 4.24. The Kier molecular flexibility index (Phi) is 4.41. The van der Waals surface area contributed by atoms with Crippen LogP contribution in [0.5, 0.6) is 0 Å². The topological polar surface area (TPSA) is 55.0 Å². The van der Waals surface area contributed by atoms with Crippen LogP contribution in [0.2, 0.25) is 0 Å². The number of hydrogen-bond donors (Lipinski definition) is 1. The number of para-hydroxylation sites is 1. The highest BCUT2D eigenvalue weighted by atomic mass is 32.1. The van der Waals surface area contributed by atoms with Gasteiger partial charge in [-0.25, -0.2) is 9.97 Å².